The molecule has 25 heavy (non-hydrogen) atoms. The monoisotopic (exact) mass is 335 g/mol. The molecule has 1 heterocycles. The van der Waals surface area contributed by atoms with Gasteiger partial charge in [0.25, 0.3) is 5.91 Å². The maximum atomic E-state index is 13.0. The van der Waals surface area contributed by atoms with Crippen molar-refractivity contribution >= 4 is 33.5 Å². The molecule has 4 aromatic rings. The van der Waals surface area contributed by atoms with Crippen molar-refractivity contribution in [3.05, 3.63) is 72.0 Å². The van der Waals surface area contributed by atoms with Gasteiger partial charge in [-0.05, 0) is 42.5 Å². The lowest BCUT2D eigenvalue weighted by Crippen LogP contribution is -2.12. The first-order valence-electron chi connectivity index (χ1n) is 7.72. The molecule has 4 rings (SSSR count). The lowest BCUT2D eigenvalue weighted by atomic mass is 10.0. The van der Waals surface area contributed by atoms with Crippen LogP contribution in [0.1, 0.15) is 10.4 Å². The molecular formula is C20H14FNO3. The lowest BCUT2D eigenvalue weighted by molar-refractivity contribution is 0.102. The number of carbonyl (C=O) groups is 1. The standard InChI is InChI=1S/C20H14FNO3/c1-24-17-11-10-15(20(23)22-13-8-6-12(21)7-9-13)18-14-4-2-3-5-16(14)25-19(17)18/h2-11H,1H3,(H,22,23). The molecule has 0 aliphatic rings. The van der Waals surface area contributed by atoms with Crippen molar-refractivity contribution in [2.75, 3.05) is 12.4 Å². The minimum absolute atomic E-state index is 0.300. The first-order chi connectivity index (χ1) is 12.2. The van der Waals surface area contributed by atoms with Gasteiger partial charge in [0.1, 0.15) is 11.4 Å². The molecule has 0 spiro atoms. The number of anilines is 1. The zero-order chi connectivity index (χ0) is 17.4. The minimum Gasteiger partial charge on any atom is -0.493 e. The maximum Gasteiger partial charge on any atom is 0.256 e. The van der Waals surface area contributed by atoms with Crippen molar-refractivity contribution < 1.29 is 18.3 Å². The molecule has 0 atom stereocenters. The van der Waals surface area contributed by atoms with E-state index in [0.29, 0.717) is 33.6 Å². The number of hydrogen-bond acceptors (Lipinski definition) is 3. The Kier molecular flexibility index (Phi) is 3.61. The fourth-order valence-electron chi connectivity index (χ4n) is 2.89. The number of halogens is 1. The van der Waals surface area contributed by atoms with Gasteiger partial charge in [-0.1, -0.05) is 18.2 Å². The molecule has 0 saturated heterocycles. The summed E-state index contributed by atoms with van der Waals surface area (Å²) in [6.45, 7) is 0. The summed E-state index contributed by atoms with van der Waals surface area (Å²) < 4.78 is 24.3. The number of carbonyl (C=O) groups excluding carboxylic acids is 1. The third kappa shape index (κ3) is 2.59. The highest BCUT2D eigenvalue weighted by Crippen LogP contribution is 2.37. The average Bonchev–Trinajstić information content (AvgIpc) is 3.02. The van der Waals surface area contributed by atoms with Crippen molar-refractivity contribution in [3.8, 4) is 5.75 Å². The molecule has 0 fully saturated rings. The molecule has 0 bridgehead atoms. The number of benzene rings is 3. The van der Waals surface area contributed by atoms with Crippen molar-refractivity contribution in [1.29, 1.82) is 0 Å². The summed E-state index contributed by atoms with van der Waals surface area (Å²) in [5, 5.41) is 4.30. The van der Waals surface area contributed by atoms with Crippen LogP contribution in [0.4, 0.5) is 10.1 Å². The lowest BCUT2D eigenvalue weighted by Gasteiger charge is -2.08. The molecule has 0 unspecified atom stereocenters. The second-order valence-corrected chi connectivity index (χ2v) is 5.58. The van der Waals surface area contributed by atoms with E-state index >= 15 is 0 Å². The van der Waals surface area contributed by atoms with Gasteiger partial charge in [0, 0.05) is 16.5 Å². The van der Waals surface area contributed by atoms with Gasteiger partial charge in [-0.3, -0.25) is 4.79 Å². The Hall–Kier alpha value is -3.34. The van der Waals surface area contributed by atoms with Crippen LogP contribution >= 0.6 is 0 Å². The second kappa shape index (κ2) is 5.94. The highest BCUT2D eigenvalue weighted by molar-refractivity contribution is 6.20. The Balaban J connectivity index is 1.86. The zero-order valence-electron chi connectivity index (χ0n) is 13.4. The van der Waals surface area contributed by atoms with Crippen molar-refractivity contribution in [2.45, 2.75) is 0 Å². The molecule has 0 aliphatic heterocycles. The molecule has 5 heteroatoms. The largest absolute Gasteiger partial charge is 0.493 e. The topological polar surface area (TPSA) is 51.5 Å². The van der Waals surface area contributed by atoms with E-state index < -0.39 is 0 Å². The smallest absolute Gasteiger partial charge is 0.256 e. The van der Waals surface area contributed by atoms with E-state index in [9.17, 15) is 9.18 Å². The van der Waals surface area contributed by atoms with Gasteiger partial charge in [0.2, 0.25) is 0 Å². The fourth-order valence-corrected chi connectivity index (χ4v) is 2.89. The molecule has 0 aliphatic carbocycles. The van der Waals surface area contributed by atoms with Gasteiger partial charge >= 0.3 is 0 Å². The van der Waals surface area contributed by atoms with Crippen LogP contribution in [0.3, 0.4) is 0 Å². The van der Waals surface area contributed by atoms with E-state index in [1.807, 2.05) is 24.3 Å². The van der Waals surface area contributed by atoms with E-state index in [4.69, 9.17) is 9.15 Å². The van der Waals surface area contributed by atoms with Crippen molar-refractivity contribution in [1.82, 2.24) is 0 Å². The predicted molar refractivity (Wildman–Crippen MR) is 94.6 cm³/mol. The van der Waals surface area contributed by atoms with Crippen LogP contribution in [-0.2, 0) is 0 Å². The number of hydrogen-bond donors (Lipinski definition) is 1. The summed E-state index contributed by atoms with van der Waals surface area (Å²) in [5.41, 5.74) is 2.18. The van der Waals surface area contributed by atoms with E-state index in [-0.39, 0.29) is 11.7 Å². The number of rotatable bonds is 3. The molecule has 1 N–H and O–H groups in total. The number of ether oxygens (including phenoxy) is 1. The SMILES string of the molecule is COc1ccc(C(=O)Nc2ccc(F)cc2)c2c1oc1ccccc12. The molecule has 3 aromatic carbocycles. The third-order valence-corrected chi connectivity index (χ3v) is 4.06. The molecule has 0 radical (unpaired) electrons. The Labute approximate surface area is 142 Å². The van der Waals surface area contributed by atoms with Gasteiger partial charge in [0.05, 0.1) is 12.7 Å². The van der Waals surface area contributed by atoms with Crippen LogP contribution in [0.2, 0.25) is 0 Å². The zero-order valence-corrected chi connectivity index (χ0v) is 13.4. The average molecular weight is 335 g/mol. The maximum absolute atomic E-state index is 13.0. The van der Waals surface area contributed by atoms with Crippen LogP contribution < -0.4 is 10.1 Å². The van der Waals surface area contributed by atoms with E-state index in [1.54, 1.807) is 19.2 Å². The van der Waals surface area contributed by atoms with Gasteiger partial charge in [-0.25, -0.2) is 4.39 Å². The number of fused-ring (bicyclic) bond motifs is 3. The van der Waals surface area contributed by atoms with Gasteiger partial charge in [-0.2, -0.15) is 0 Å². The normalized spacial score (nSPS) is 11.0. The molecular weight excluding hydrogens is 321 g/mol. The van der Waals surface area contributed by atoms with E-state index in [1.165, 1.54) is 24.3 Å². The first-order valence-corrected chi connectivity index (χ1v) is 7.72. The van der Waals surface area contributed by atoms with Crippen LogP contribution in [0.25, 0.3) is 21.9 Å². The molecule has 1 amide bonds. The number of para-hydroxylation sites is 1. The summed E-state index contributed by atoms with van der Waals surface area (Å²) >= 11 is 0. The summed E-state index contributed by atoms with van der Waals surface area (Å²) in [4.78, 5) is 12.8. The van der Waals surface area contributed by atoms with Crippen LogP contribution in [-0.4, -0.2) is 13.0 Å². The van der Waals surface area contributed by atoms with E-state index in [0.717, 1.165) is 5.39 Å². The van der Waals surface area contributed by atoms with Gasteiger partial charge in [0.15, 0.2) is 11.3 Å². The minimum atomic E-state index is -0.356. The van der Waals surface area contributed by atoms with Crippen LogP contribution in [0.5, 0.6) is 5.75 Å². The molecule has 124 valence electrons. The Bertz CT molecular complexity index is 1080. The second-order valence-electron chi connectivity index (χ2n) is 5.58. The molecule has 0 saturated carbocycles. The fraction of sp³-hybridized carbons (Fsp3) is 0.0500. The molecule has 1 aromatic heterocycles. The van der Waals surface area contributed by atoms with Crippen LogP contribution in [0.15, 0.2) is 65.1 Å². The summed E-state index contributed by atoms with van der Waals surface area (Å²) in [5.74, 6) is -0.0963. The number of amides is 1. The molecule has 4 nitrogen and oxygen atoms in total. The number of furan rings is 1. The Morgan fingerprint density at radius 3 is 2.56 bits per heavy atom. The highest BCUT2D eigenvalue weighted by Gasteiger charge is 2.19. The van der Waals surface area contributed by atoms with Crippen molar-refractivity contribution in [3.63, 3.8) is 0 Å². The summed E-state index contributed by atoms with van der Waals surface area (Å²) in [6.07, 6.45) is 0. The Morgan fingerprint density at radius 2 is 1.80 bits per heavy atom. The third-order valence-electron chi connectivity index (χ3n) is 4.06. The number of nitrogens with one attached hydrogen (secondary N) is 1. The van der Waals surface area contributed by atoms with Crippen LogP contribution in [0, 0.1) is 5.82 Å². The Morgan fingerprint density at radius 1 is 1.04 bits per heavy atom. The van der Waals surface area contributed by atoms with Crippen molar-refractivity contribution in [2.24, 2.45) is 0 Å². The summed E-state index contributed by atoms with van der Waals surface area (Å²) in [7, 11) is 1.56. The predicted octanol–water partition coefficient (Wildman–Crippen LogP) is 4.99. The quantitative estimate of drug-likeness (QED) is 0.574. The first kappa shape index (κ1) is 15.2. The van der Waals surface area contributed by atoms with Gasteiger partial charge in [-0.15, -0.1) is 0 Å². The highest BCUT2D eigenvalue weighted by atomic mass is 19.1. The van der Waals surface area contributed by atoms with Gasteiger partial charge < -0.3 is 14.5 Å². The van der Waals surface area contributed by atoms with E-state index in [2.05, 4.69) is 5.32 Å². The summed E-state index contributed by atoms with van der Waals surface area (Å²) in [6, 6.07) is 16.5. The number of methoxy groups -OCH3 is 1.